The van der Waals surface area contributed by atoms with E-state index in [0.29, 0.717) is 54.4 Å². The molecule has 0 radical (unpaired) electrons. The number of fused-ring (bicyclic) bond motifs is 1. The summed E-state index contributed by atoms with van der Waals surface area (Å²) in [6.45, 7) is 5.20. The summed E-state index contributed by atoms with van der Waals surface area (Å²) in [6, 6.07) is 8.93. The molecule has 2 fully saturated rings. The summed E-state index contributed by atoms with van der Waals surface area (Å²) in [5.41, 5.74) is 1.32. The molecule has 1 unspecified atom stereocenters. The molecule has 3 aromatic rings. The third-order valence-electron chi connectivity index (χ3n) is 7.18. The van der Waals surface area contributed by atoms with Crippen molar-refractivity contribution < 1.29 is 18.6 Å². The van der Waals surface area contributed by atoms with Gasteiger partial charge in [0, 0.05) is 49.8 Å². The number of hydrogen-bond acceptors (Lipinski definition) is 8. The number of benzene rings is 2. The molecule has 0 amide bonds. The minimum Gasteiger partial charge on any atom is -0.493 e. The van der Waals surface area contributed by atoms with E-state index in [-0.39, 0.29) is 11.1 Å². The molecule has 0 bridgehead atoms. The van der Waals surface area contributed by atoms with Crippen molar-refractivity contribution in [2.45, 2.75) is 37.8 Å². The van der Waals surface area contributed by atoms with Crippen LogP contribution in [0.15, 0.2) is 36.7 Å². The van der Waals surface area contributed by atoms with E-state index >= 15 is 0 Å². The van der Waals surface area contributed by atoms with Crippen molar-refractivity contribution >= 4 is 34.0 Å². The zero-order valence-electron chi connectivity index (χ0n) is 22.0. The zero-order chi connectivity index (χ0) is 26.5. The zero-order valence-corrected chi connectivity index (χ0v) is 22.7. The predicted molar refractivity (Wildman–Crippen MR) is 147 cm³/mol. The molecule has 2 aromatic carbocycles. The molecule has 2 saturated heterocycles. The van der Waals surface area contributed by atoms with Gasteiger partial charge in [0.1, 0.15) is 35.6 Å². The van der Waals surface area contributed by atoms with E-state index in [0.717, 1.165) is 44.3 Å². The van der Waals surface area contributed by atoms with Crippen LogP contribution in [-0.4, -0.2) is 85.5 Å². The van der Waals surface area contributed by atoms with Gasteiger partial charge in [0.25, 0.3) is 0 Å². The Bertz CT molecular complexity index is 1240. The topological polar surface area (TPSA) is 72.0 Å². The van der Waals surface area contributed by atoms with Crippen LogP contribution in [-0.2, 0) is 4.74 Å². The third-order valence-corrected chi connectivity index (χ3v) is 7.47. The maximum absolute atomic E-state index is 13.7. The first kappa shape index (κ1) is 26.9. The summed E-state index contributed by atoms with van der Waals surface area (Å²) >= 11 is 6.00. The Morgan fingerprint density at radius 1 is 1.16 bits per heavy atom. The monoisotopic (exact) mass is 543 g/mol. The first-order valence-electron chi connectivity index (χ1n) is 13.2. The lowest BCUT2D eigenvalue weighted by Gasteiger charge is -2.25. The van der Waals surface area contributed by atoms with Gasteiger partial charge in [-0.25, -0.2) is 14.4 Å². The number of anilines is 2. The van der Waals surface area contributed by atoms with E-state index in [1.807, 2.05) is 12.1 Å². The minimum absolute atomic E-state index is 0.0235. The fourth-order valence-electron chi connectivity index (χ4n) is 5.00. The Morgan fingerprint density at radius 3 is 2.76 bits per heavy atom. The van der Waals surface area contributed by atoms with E-state index in [1.165, 1.54) is 24.9 Å². The number of likely N-dealkylation sites (tertiary alicyclic amines) is 1. The molecule has 0 saturated carbocycles. The van der Waals surface area contributed by atoms with Crippen LogP contribution in [0.1, 0.15) is 25.7 Å². The van der Waals surface area contributed by atoms with Gasteiger partial charge in [0.05, 0.1) is 35.7 Å². The number of nitrogens with one attached hydrogen (secondary N) is 1. The van der Waals surface area contributed by atoms with E-state index in [9.17, 15) is 4.39 Å². The average molecular weight is 544 g/mol. The smallest absolute Gasteiger partial charge is 0.145 e. The van der Waals surface area contributed by atoms with Crippen LogP contribution in [0.5, 0.6) is 11.5 Å². The van der Waals surface area contributed by atoms with Gasteiger partial charge >= 0.3 is 0 Å². The number of nitrogens with zero attached hydrogens (tertiary/aromatic N) is 4. The molecule has 0 spiro atoms. The molecule has 8 nitrogen and oxygen atoms in total. The van der Waals surface area contributed by atoms with Gasteiger partial charge in [-0.3, -0.25) is 0 Å². The lowest BCUT2D eigenvalue weighted by molar-refractivity contribution is 0.0261. The summed E-state index contributed by atoms with van der Waals surface area (Å²) in [6.07, 6.45) is 5.28. The van der Waals surface area contributed by atoms with Crippen molar-refractivity contribution in [1.82, 2.24) is 19.8 Å². The summed E-state index contributed by atoms with van der Waals surface area (Å²) in [5.74, 6) is 1.43. The minimum atomic E-state index is -0.475. The molecule has 3 heterocycles. The highest BCUT2D eigenvalue weighted by Crippen LogP contribution is 2.37. The Labute approximate surface area is 228 Å². The maximum Gasteiger partial charge on any atom is 0.145 e. The fraction of sp³-hybridized carbons (Fsp3) is 0.500. The van der Waals surface area contributed by atoms with Crippen molar-refractivity contribution in [3.05, 3.63) is 47.5 Å². The van der Waals surface area contributed by atoms with Gasteiger partial charge in [-0.05, 0) is 51.7 Å². The second-order valence-corrected chi connectivity index (χ2v) is 10.5. The fourth-order valence-corrected chi connectivity index (χ4v) is 5.18. The number of ether oxygens (including phenoxy) is 3. The molecule has 1 N–H and O–H groups in total. The highest BCUT2D eigenvalue weighted by Gasteiger charge is 2.23. The van der Waals surface area contributed by atoms with Crippen LogP contribution in [0.2, 0.25) is 5.02 Å². The second-order valence-electron chi connectivity index (χ2n) is 10.1. The Hall–Kier alpha value is -2.72. The van der Waals surface area contributed by atoms with Gasteiger partial charge in [0.15, 0.2) is 0 Å². The average Bonchev–Trinajstić information content (AvgIpc) is 3.39. The summed E-state index contributed by atoms with van der Waals surface area (Å²) in [4.78, 5) is 13.8. The second kappa shape index (κ2) is 12.4. The van der Waals surface area contributed by atoms with E-state index in [4.69, 9.17) is 25.8 Å². The molecule has 38 heavy (non-hydrogen) atoms. The highest BCUT2D eigenvalue weighted by atomic mass is 35.5. The number of aromatic nitrogens is 2. The van der Waals surface area contributed by atoms with Crippen molar-refractivity contribution in [3.8, 4) is 11.5 Å². The number of hydrogen-bond donors (Lipinski definition) is 1. The summed E-state index contributed by atoms with van der Waals surface area (Å²) in [7, 11) is 4.30. The van der Waals surface area contributed by atoms with Crippen molar-refractivity contribution in [1.29, 1.82) is 0 Å². The van der Waals surface area contributed by atoms with Crippen molar-refractivity contribution in [3.63, 3.8) is 0 Å². The molecule has 0 aliphatic carbocycles. The van der Waals surface area contributed by atoms with Crippen LogP contribution in [0, 0.1) is 5.82 Å². The molecule has 204 valence electrons. The van der Waals surface area contributed by atoms with Crippen LogP contribution < -0.4 is 14.8 Å². The number of halogens is 2. The first-order valence-corrected chi connectivity index (χ1v) is 13.6. The van der Waals surface area contributed by atoms with Crippen LogP contribution in [0.3, 0.4) is 0 Å². The maximum atomic E-state index is 13.7. The molecule has 5 rings (SSSR count). The quantitative estimate of drug-likeness (QED) is 0.353. The molecule has 1 atom stereocenters. The number of likely N-dealkylation sites (N-methyl/N-ethyl adjacent to an activating group) is 1. The Balaban J connectivity index is 1.34. The SMILES string of the molecule is CN(C)C1CCN(CCCOc2cc(OC3CCOCC3)c3c(Nc4ccc(F)c(Cl)c4)ncnc3c2)C1. The summed E-state index contributed by atoms with van der Waals surface area (Å²) < 4.78 is 31.9. The van der Waals surface area contributed by atoms with Gasteiger partial charge in [-0.1, -0.05) is 11.6 Å². The highest BCUT2D eigenvalue weighted by molar-refractivity contribution is 6.31. The molecule has 2 aliphatic heterocycles. The molecule has 2 aliphatic rings. The van der Waals surface area contributed by atoms with Crippen LogP contribution in [0.25, 0.3) is 10.9 Å². The van der Waals surface area contributed by atoms with Gasteiger partial charge < -0.3 is 29.3 Å². The van der Waals surface area contributed by atoms with Crippen molar-refractivity contribution in [2.24, 2.45) is 0 Å². The molecule has 10 heteroatoms. The van der Waals surface area contributed by atoms with Gasteiger partial charge in [-0.15, -0.1) is 0 Å². The van der Waals surface area contributed by atoms with Crippen molar-refractivity contribution in [2.75, 3.05) is 58.9 Å². The van der Waals surface area contributed by atoms with Crippen LogP contribution in [0.4, 0.5) is 15.9 Å². The van der Waals surface area contributed by atoms with Gasteiger partial charge in [-0.2, -0.15) is 0 Å². The lowest BCUT2D eigenvalue weighted by Crippen LogP contribution is -2.32. The van der Waals surface area contributed by atoms with E-state index in [1.54, 1.807) is 6.07 Å². The molecular weight excluding hydrogens is 509 g/mol. The van der Waals surface area contributed by atoms with Gasteiger partial charge in [0.2, 0.25) is 0 Å². The third kappa shape index (κ3) is 6.64. The largest absolute Gasteiger partial charge is 0.493 e. The predicted octanol–water partition coefficient (Wildman–Crippen LogP) is 5.13. The summed E-state index contributed by atoms with van der Waals surface area (Å²) in [5, 5.41) is 4.02. The van der Waals surface area contributed by atoms with E-state index in [2.05, 4.69) is 39.2 Å². The number of rotatable bonds is 10. The van der Waals surface area contributed by atoms with Crippen LogP contribution >= 0.6 is 11.6 Å². The Kier molecular flexibility index (Phi) is 8.79. The lowest BCUT2D eigenvalue weighted by atomic mass is 10.1. The first-order chi connectivity index (χ1) is 18.5. The molecular formula is C28H35ClFN5O3. The van der Waals surface area contributed by atoms with E-state index < -0.39 is 5.82 Å². The Morgan fingerprint density at radius 2 is 2.00 bits per heavy atom. The molecule has 1 aromatic heterocycles. The normalized spacial score (nSPS) is 18.8. The standard InChI is InChI=1S/C28H35ClFN5O3/c1-34(2)20-6-10-35(17-20)9-3-11-37-22-15-25-27(26(16-22)38-21-7-12-36-13-8-21)28(32-18-31-25)33-19-4-5-24(30)23(29)14-19/h4-5,14-16,18,20-21H,3,6-13,17H2,1-2H3,(H,31,32,33).